The standard InChI is InChI=1S/C13H24N4O2S/c1-10-13(11(2)16(3)15-10)20(18,19)17-9-5-7-12(17)6-4-8-14/h12H,4-9,14H2,1-3H3. The van der Waals surface area contributed by atoms with Crippen LogP contribution < -0.4 is 5.73 Å². The van der Waals surface area contributed by atoms with Crippen LogP contribution in [0.25, 0.3) is 0 Å². The Hall–Kier alpha value is -0.920. The van der Waals surface area contributed by atoms with Crippen LogP contribution in [0.1, 0.15) is 37.1 Å². The summed E-state index contributed by atoms with van der Waals surface area (Å²) in [5.74, 6) is 0. The van der Waals surface area contributed by atoms with Crippen LogP contribution in [0.5, 0.6) is 0 Å². The van der Waals surface area contributed by atoms with Gasteiger partial charge < -0.3 is 5.73 Å². The second-order valence-corrected chi connectivity index (χ2v) is 7.29. The predicted octanol–water partition coefficient (Wildman–Crippen LogP) is 0.929. The molecule has 0 aliphatic carbocycles. The van der Waals surface area contributed by atoms with Crippen LogP contribution in [0.2, 0.25) is 0 Å². The number of aromatic nitrogens is 2. The molecular weight excluding hydrogens is 276 g/mol. The van der Waals surface area contributed by atoms with Crippen LogP contribution in [-0.4, -0.2) is 41.6 Å². The average molecular weight is 300 g/mol. The third-order valence-electron chi connectivity index (χ3n) is 4.07. The fourth-order valence-corrected chi connectivity index (χ4v) is 5.14. The summed E-state index contributed by atoms with van der Waals surface area (Å²) in [5.41, 5.74) is 6.82. The molecule has 0 radical (unpaired) electrons. The van der Waals surface area contributed by atoms with Gasteiger partial charge in [0.25, 0.3) is 0 Å². The zero-order valence-corrected chi connectivity index (χ0v) is 13.3. The third-order valence-corrected chi connectivity index (χ3v) is 6.28. The quantitative estimate of drug-likeness (QED) is 0.877. The van der Waals surface area contributed by atoms with Crippen LogP contribution in [-0.2, 0) is 17.1 Å². The molecule has 20 heavy (non-hydrogen) atoms. The van der Waals surface area contributed by atoms with Crippen molar-refractivity contribution < 1.29 is 8.42 Å². The maximum absolute atomic E-state index is 12.9. The van der Waals surface area contributed by atoms with Crippen LogP contribution >= 0.6 is 0 Å². The molecule has 0 amide bonds. The second kappa shape index (κ2) is 5.83. The first kappa shape index (κ1) is 15.5. The fourth-order valence-electron chi connectivity index (χ4n) is 3.01. The molecule has 1 aliphatic rings. The Morgan fingerprint density at radius 2 is 2.10 bits per heavy atom. The minimum absolute atomic E-state index is 0.0857. The molecule has 1 aromatic heterocycles. The van der Waals surface area contributed by atoms with Gasteiger partial charge in [0.15, 0.2) is 0 Å². The minimum atomic E-state index is -3.45. The van der Waals surface area contributed by atoms with E-state index in [1.807, 2.05) is 0 Å². The summed E-state index contributed by atoms with van der Waals surface area (Å²) in [4.78, 5) is 0.375. The van der Waals surface area contributed by atoms with Gasteiger partial charge in [-0.2, -0.15) is 9.40 Å². The number of nitrogens with zero attached hydrogens (tertiary/aromatic N) is 3. The Morgan fingerprint density at radius 1 is 1.40 bits per heavy atom. The third kappa shape index (κ3) is 2.62. The molecule has 0 aromatic carbocycles. The molecule has 0 bridgehead atoms. The van der Waals surface area contributed by atoms with Gasteiger partial charge in [0.05, 0.1) is 11.4 Å². The topological polar surface area (TPSA) is 81.2 Å². The predicted molar refractivity (Wildman–Crippen MR) is 77.9 cm³/mol. The summed E-state index contributed by atoms with van der Waals surface area (Å²) < 4.78 is 29.1. The SMILES string of the molecule is Cc1nn(C)c(C)c1S(=O)(=O)N1CCCC1CCCN. The van der Waals surface area contributed by atoms with Crippen molar-refractivity contribution in [3.63, 3.8) is 0 Å². The molecular formula is C13H24N4O2S. The highest BCUT2D eigenvalue weighted by atomic mass is 32.2. The van der Waals surface area contributed by atoms with Crippen molar-refractivity contribution in [2.45, 2.75) is 50.5 Å². The van der Waals surface area contributed by atoms with Gasteiger partial charge in [0, 0.05) is 19.6 Å². The number of sulfonamides is 1. The van der Waals surface area contributed by atoms with E-state index in [0.29, 0.717) is 29.4 Å². The van der Waals surface area contributed by atoms with Crippen molar-refractivity contribution in [1.82, 2.24) is 14.1 Å². The van der Waals surface area contributed by atoms with E-state index in [2.05, 4.69) is 5.10 Å². The van der Waals surface area contributed by atoms with E-state index in [1.54, 1.807) is 29.9 Å². The highest BCUT2D eigenvalue weighted by molar-refractivity contribution is 7.89. The van der Waals surface area contributed by atoms with E-state index >= 15 is 0 Å². The number of rotatable bonds is 5. The molecule has 1 aromatic rings. The number of hydrogen-bond donors (Lipinski definition) is 1. The van der Waals surface area contributed by atoms with E-state index in [-0.39, 0.29) is 6.04 Å². The van der Waals surface area contributed by atoms with E-state index in [0.717, 1.165) is 25.7 Å². The average Bonchev–Trinajstić information content (AvgIpc) is 2.93. The summed E-state index contributed by atoms with van der Waals surface area (Å²) in [7, 11) is -1.67. The van der Waals surface area contributed by atoms with Gasteiger partial charge in [-0.25, -0.2) is 8.42 Å². The Balaban J connectivity index is 2.34. The minimum Gasteiger partial charge on any atom is -0.330 e. The van der Waals surface area contributed by atoms with Gasteiger partial charge in [-0.15, -0.1) is 0 Å². The van der Waals surface area contributed by atoms with Crippen molar-refractivity contribution >= 4 is 10.0 Å². The van der Waals surface area contributed by atoms with E-state index < -0.39 is 10.0 Å². The molecule has 7 heteroatoms. The van der Waals surface area contributed by atoms with Crippen molar-refractivity contribution in [3.8, 4) is 0 Å². The summed E-state index contributed by atoms with van der Waals surface area (Å²) in [6, 6.07) is 0.0857. The van der Waals surface area contributed by atoms with Gasteiger partial charge in [-0.05, 0) is 46.1 Å². The van der Waals surface area contributed by atoms with E-state index in [1.165, 1.54) is 0 Å². The lowest BCUT2D eigenvalue weighted by molar-refractivity contribution is 0.365. The molecule has 1 atom stereocenters. The maximum Gasteiger partial charge on any atom is 0.246 e. The molecule has 114 valence electrons. The number of hydrogen-bond acceptors (Lipinski definition) is 4. The van der Waals surface area contributed by atoms with Crippen LogP contribution in [0, 0.1) is 13.8 Å². The fraction of sp³-hybridized carbons (Fsp3) is 0.769. The summed E-state index contributed by atoms with van der Waals surface area (Å²) in [6.45, 7) is 4.77. The molecule has 2 N–H and O–H groups in total. The highest BCUT2D eigenvalue weighted by Gasteiger charge is 2.37. The van der Waals surface area contributed by atoms with Gasteiger partial charge >= 0.3 is 0 Å². The van der Waals surface area contributed by atoms with Gasteiger partial charge in [0.1, 0.15) is 4.90 Å². The molecule has 0 spiro atoms. The molecule has 1 unspecified atom stereocenters. The summed E-state index contributed by atoms with van der Waals surface area (Å²) >= 11 is 0. The van der Waals surface area contributed by atoms with Crippen LogP contribution in [0.4, 0.5) is 0 Å². The van der Waals surface area contributed by atoms with Crippen molar-refractivity contribution in [1.29, 1.82) is 0 Å². The molecule has 1 fully saturated rings. The lowest BCUT2D eigenvalue weighted by Crippen LogP contribution is -2.36. The molecule has 1 saturated heterocycles. The molecule has 0 saturated carbocycles. The van der Waals surface area contributed by atoms with Crippen molar-refractivity contribution in [2.24, 2.45) is 12.8 Å². The number of nitrogens with two attached hydrogens (primary N) is 1. The lowest BCUT2D eigenvalue weighted by atomic mass is 10.1. The Labute approximate surface area is 121 Å². The highest BCUT2D eigenvalue weighted by Crippen LogP contribution is 2.31. The lowest BCUT2D eigenvalue weighted by Gasteiger charge is -2.24. The smallest absolute Gasteiger partial charge is 0.246 e. The molecule has 1 aliphatic heterocycles. The normalized spacial score (nSPS) is 20.7. The summed E-state index contributed by atoms with van der Waals surface area (Å²) in [6.07, 6.45) is 3.56. The first-order chi connectivity index (χ1) is 9.39. The van der Waals surface area contributed by atoms with Gasteiger partial charge in [-0.1, -0.05) is 0 Å². The molecule has 6 nitrogen and oxygen atoms in total. The zero-order valence-electron chi connectivity index (χ0n) is 12.5. The van der Waals surface area contributed by atoms with Crippen LogP contribution in [0.15, 0.2) is 4.90 Å². The van der Waals surface area contributed by atoms with E-state index in [4.69, 9.17) is 5.73 Å². The maximum atomic E-state index is 12.9. The van der Waals surface area contributed by atoms with Crippen molar-refractivity contribution in [2.75, 3.05) is 13.1 Å². The monoisotopic (exact) mass is 300 g/mol. The first-order valence-corrected chi connectivity index (χ1v) is 8.55. The Kier molecular flexibility index (Phi) is 4.51. The van der Waals surface area contributed by atoms with Gasteiger partial charge in [-0.3, -0.25) is 4.68 Å². The molecule has 2 rings (SSSR count). The molecule has 2 heterocycles. The Morgan fingerprint density at radius 3 is 2.65 bits per heavy atom. The van der Waals surface area contributed by atoms with Crippen molar-refractivity contribution in [3.05, 3.63) is 11.4 Å². The summed E-state index contributed by atoms with van der Waals surface area (Å²) in [5, 5.41) is 4.23. The second-order valence-electron chi connectivity index (χ2n) is 5.47. The van der Waals surface area contributed by atoms with E-state index in [9.17, 15) is 8.42 Å². The number of aryl methyl sites for hydroxylation is 2. The van der Waals surface area contributed by atoms with Gasteiger partial charge in [0.2, 0.25) is 10.0 Å². The Bertz CT molecular complexity index is 579. The zero-order chi connectivity index (χ0) is 14.9. The first-order valence-electron chi connectivity index (χ1n) is 7.11. The van der Waals surface area contributed by atoms with Crippen LogP contribution in [0.3, 0.4) is 0 Å². The largest absolute Gasteiger partial charge is 0.330 e.